The normalized spacial score (nSPS) is 12.1. The number of rotatable bonds is 34. The number of unbranched alkanes of at least 4 members (excludes halogenated alkanes) is 13. The van der Waals surface area contributed by atoms with E-state index in [1.54, 1.807) is 20.8 Å². The van der Waals surface area contributed by atoms with E-state index >= 15 is 0 Å². The zero-order valence-corrected chi connectivity index (χ0v) is 34.0. The number of ether oxygens (including phenoxy) is 5. The fourth-order valence-electron chi connectivity index (χ4n) is 5.28. The van der Waals surface area contributed by atoms with Gasteiger partial charge >= 0.3 is 11.9 Å². The van der Waals surface area contributed by atoms with Crippen LogP contribution in [0.15, 0.2) is 5.11 Å². The van der Waals surface area contributed by atoms with Gasteiger partial charge < -0.3 is 34.3 Å². The molecule has 0 spiro atoms. The molecule has 0 aromatic rings. The largest absolute Gasteiger partial charge is 0.460 e. The molecule has 1 atom stereocenters. The molecule has 0 fully saturated rings. The van der Waals surface area contributed by atoms with Gasteiger partial charge in [0.25, 0.3) is 0 Å². The number of azide groups is 1. The zero-order chi connectivity index (χ0) is 39.6. The Balaban J connectivity index is 3.99. The predicted molar refractivity (Wildman–Crippen MR) is 206 cm³/mol. The Kier molecular flexibility index (Phi) is 30.7. The third kappa shape index (κ3) is 37.2. The van der Waals surface area contributed by atoms with E-state index in [1.165, 1.54) is 51.4 Å². The predicted octanol–water partition coefficient (Wildman–Crippen LogP) is 7.65. The van der Waals surface area contributed by atoms with Crippen LogP contribution in [0.1, 0.15) is 157 Å². The van der Waals surface area contributed by atoms with Crippen molar-refractivity contribution in [3.8, 4) is 0 Å². The molecule has 0 heterocycles. The van der Waals surface area contributed by atoms with E-state index in [1.807, 2.05) is 20.8 Å². The highest BCUT2D eigenvalue weighted by molar-refractivity contribution is 5.85. The van der Waals surface area contributed by atoms with Crippen LogP contribution < -0.4 is 10.6 Å². The van der Waals surface area contributed by atoms with Gasteiger partial charge in [0, 0.05) is 37.3 Å². The van der Waals surface area contributed by atoms with Crippen molar-refractivity contribution in [1.82, 2.24) is 10.6 Å². The molecule has 0 aromatic carbocycles. The average Bonchev–Trinajstić information content (AvgIpc) is 3.06. The fourth-order valence-corrected chi connectivity index (χ4v) is 5.28. The number of esters is 2. The van der Waals surface area contributed by atoms with Gasteiger partial charge in [0.1, 0.15) is 17.2 Å². The Bertz CT molecular complexity index is 1020. The molecule has 53 heavy (non-hydrogen) atoms. The summed E-state index contributed by atoms with van der Waals surface area (Å²) in [4.78, 5) is 52.3. The van der Waals surface area contributed by atoms with E-state index in [4.69, 9.17) is 29.2 Å². The van der Waals surface area contributed by atoms with Crippen LogP contribution >= 0.6 is 0 Å². The minimum atomic E-state index is -0.895. The Morgan fingerprint density at radius 2 is 1.04 bits per heavy atom. The molecule has 2 N–H and O–H groups in total. The summed E-state index contributed by atoms with van der Waals surface area (Å²) in [5, 5.41) is 8.94. The number of hydrogen-bond acceptors (Lipinski definition) is 10. The zero-order valence-electron chi connectivity index (χ0n) is 34.0. The molecule has 0 aliphatic heterocycles. The molecule has 14 heteroatoms. The second-order valence-corrected chi connectivity index (χ2v) is 15.4. The summed E-state index contributed by atoms with van der Waals surface area (Å²) in [6.07, 6.45) is 16.9. The third-order valence-electron chi connectivity index (χ3n) is 7.85. The van der Waals surface area contributed by atoms with Gasteiger partial charge in [-0.3, -0.25) is 14.4 Å². The van der Waals surface area contributed by atoms with Gasteiger partial charge in [0.2, 0.25) is 11.8 Å². The number of nitrogens with zero attached hydrogens (tertiary/aromatic N) is 3. The van der Waals surface area contributed by atoms with Crippen LogP contribution in [0, 0.1) is 0 Å². The Labute approximate surface area is 319 Å². The molecule has 0 bridgehead atoms. The number of nitrogens with one attached hydrogen (secondary N) is 2. The molecule has 14 nitrogen and oxygen atoms in total. The maximum absolute atomic E-state index is 12.8. The minimum Gasteiger partial charge on any atom is -0.460 e. The first-order valence-corrected chi connectivity index (χ1v) is 20.0. The van der Waals surface area contributed by atoms with Crippen LogP contribution in [0.5, 0.6) is 0 Å². The van der Waals surface area contributed by atoms with Crippen molar-refractivity contribution < 1.29 is 42.9 Å². The third-order valence-corrected chi connectivity index (χ3v) is 7.85. The van der Waals surface area contributed by atoms with Crippen LogP contribution in [-0.4, -0.2) is 93.7 Å². The van der Waals surface area contributed by atoms with E-state index in [-0.39, 0.29) is 37.2 Å². The molecule has 0 saturated carbocycles. The highest BCUT2D eigenvalue weighted by Crippen LogP contribution is 2.16. The second kappa shape index (κ2) is 32.5. The van der Waals surface area contributed by atoms with Crippen molar-refractivity contribution >= 4 is 23.8 Å². The second-order valence-electron chi connectivity index (χ2n) is 15.4. The van der Waals surface area contributed by atoms with Crippen LogP contribution in [0.3, 0.4) is 0 Å². The molecule has 2 amide bonds. The summed E-state index contributed by atoms with van der Waals surface area (Å²) < 4.78 is 26.9. The van der Waals surface area contributed by atoms with E-state index in [0.29, 0.717) is 59.0 Å². The summed E-state index contributed by atoms with van der Waals surface area (Å²) >= 11 is 0. The minimum absolute atomic E-state index is 0.0599. The lowest BCUT2D eigenvalue weighted by Gasteiger charge is -2.24. The lowest BCUT2D eigenvalue weighted by molar-refractivity contribution is -0.159. The molecule has 308 valence electrons. The summed E-state index contributed by atoms with van der Waals surface area (Å²) in [6, 6.07) is -0.895. The first kappa shape index (κ1) is 50.1. The van der Waals surface area contributed by atoms with Crippen LogP contribution in [0.25, 0.3) is 10.4 Å². The standard InChI is InChI=1S/C39H73N5O9/c1-38(2,3)52-36(47)22-20-18-16-14-12-10-8-7-9-11-13-15-17-19-21-35(46)43-33(37(48)53-39(4,5)6)23-24-34(45)41-25-27-49-29-31-51-32-30-50-28-26-42-44-40/h33H,7-32H2,1-6H3,(H,41,45)(H,43,46). The molecule has 0 aliphatic rings. The smallest absolute Gasteiger partial charge is 0.329 e. The molecule has 0 aromatic heterocycles. The van der Waals surface area contributed by atoms with Crippen molar-refractivity contribution in [2.24, 2.45) is 5.11 Å². The lowest BCUT2D eigenvalue weighted by atomic mass is 10.0. The van der Waals surface area contributed by atoms with E-state index in [0.717, 1.165) is 38.5 Å². The van der Waals surface area contributed by atoms with Gasteiger partial charge in [-0.05, 0) is 66.3 Å². The summed E-state index contributed by atoms with van der Waals surface area (Å²) in [6.45, 7) is 13.8. The topological polar surface area (TPSA) is 187 Å². The van der Waals surface area contributed by atoms with E-state index in [2.05, 4.69) is 20.7 Å². The monoisotopic (exact) mass is 756 g/mol. The van der Waals surface area contributed by atoms with Crippen LogP contribution in [0.2, 0.25) is 0 Å². The first-order chi connectivity index (χ1) is 25.2. The Morgan fingerprint density at radius 3 is 1.53 bits per heavy atom. The van der Waals surface area contributed by atoms with Gasteiger partial charge in [-0.25, -0.2) is 4.79 Å². The Hall–Kier alpha value is -2.93. The highest BCUT2D eigenvalue weighted by atomic mass is 16.6. The van der Waals surface area contributed by atoms with Gasteiger partial charge in [-0.15, -0.1) is 0 Å². The fraction of sp³-hybridized carbons (Fsp3) is 0.897. The molecule has 0 aliphatic carbocycles. The van der Waals surface area contributed by atoms with Crippen LogP contribution in [0.4, 0.5) is 0 Å². The summed E-state index contributed by atoms with van der Waals surface area (Å²) in [7, 11) is 0. The van der Waals surface area contributed by atoms with Crippen molar-refractivity contribution in [3.05, 3.63) is 10.4 Å². The number of carbonyl (C=O) groups is 4. The molecule has 1 unspecified atom stereocenters. The van der Waals surface area contributed by atoms with Crippen molar-refractivity contribution in [3.63, 3.8) is 0 Å². The molecule has 0 radical (unpaired) electrons. The maximum Gasteiger partial charge on any atom is 0.329 e. The maximum atomic E-state index is 12.8. The SMILES string of the molecule is CC(C)(C)OC(=O)CCCCCCCCCCCCCCCCC(=O)NC(CCC(=O)NCCOCCOCCOCCN=[N+]=[N-])C(=O)OC(C)(C)C. The van der Waals surface area contributed by atoms with Gasteiger partial charge in [0.15, 0.2) is 0 Å². The van der Waals surface area contributed by atoms with Gasteiger partial charge in [-0.1, -0.05) is 82.2 Å². The average molecular weight is 756 g/mol. The van der Waals surface area contributed by atoms with Gasteiger partial charge in [0.05, 0.1) is 39.6 Å². The van der Waals surface area contributed by atoms with E-state index in [9.17, 15) is 19.2 Å². The molecule has 0 saturated heterocycles. The number of hydrogen-bond donors (Lipinski definition) is 2. The summed E-state index contributed by atoms with van der Waals surface area (Å²) in [5.41, 5.74) is 7.08. The first-order valence-electron chi connectivity index (χ1n) is 20.0. The molecular weight excluding hydrogens is 682 g/mol. The van der Waals surface area contributed by atoms with E-state index < -0.39 is 23.2 Å². The van der Waals surface area contributed by atoms with Gasteiger partial charge in [-0.2, -0.15) is 0 Å². The van der Waals surface area contributed by atoms with Crippen molar-refractivity contribution in [1.29, 1.82) is 0 Å². The number of amides is 2. The molecular formula is C39H73N5O9. The Morgan fingerprint density at radius 1 is 0.585 bits per heavy atom. The molecule has 0 rings (SSSR count). The highest BCUT2D eigenvalue weighted by Gasteiger charge is 2.27. The number of carbonyl (C=O) groups excluding carboxylic acids is 4. The van der Waals surface area contributed by atoms with Crippen molar-refractivity contribution in [2.75, 3.05) is 52.7 Å². The van der Waals surface area contributed by atoms with Crippen LogP contribution in [-0.2, 0) is 42.9 Å². The van der Waals surface area contributed by atoms with Crippen molar-refractivity contribution in [2.45, 2.75) is 174 Å². The summed E-state index contributed by atoms with van der Waals surface area (Å²) in [5.74, 6) is -1.09. The quantitative estimate of drug-likeness (QED) is 0.0219. The lowest BCUT2D eigenvalue weighted by Crippen LogP contribution is -2.44.